The zero-order chi connectivity index (χ0) is 15.5. The average molecular weight is 300 g/mol. The fourth-order valence-corrected chi connectivity index (χ4v) is 2.58. The number of rotatable bonds is 3. The van der Waals surface area contributed by atoms with E-state index in [0.717, 1.165) is 28.3 Å². The maximum absolute atomic E-state index is 6.10. The van der Waals surface area contributed by atoms with Gasteiger partial charge in [0, 0.05) is 11.1 Å². The molecule has 3 heteroatoms. The van der Waals surface area contributed by atoms with E-state index in [4.69, 9.17) is 4.84 Å². The molecule has 1 aliphatic heterocycles. The molecule has 0 radical (unpaired) electrons. The quantitative estimate of drug-likeness (QED) is 0.772. The van der Waals surface area contributed by atoms with Gasteiger partial charge in [-0.1, -0.05) is 78.9 Å². The molecule has 4 rings (SSSR count). The van der Waals surface area contributed by atoms with E-state index in [1.165, 1.54) is 0 Å². The first-order valence-electron chi connectivity index (χ1n) is 7.57. The third-order valence-electron chi connectivity index (χ3n) is 3.71. The predicted octanol–water partition coefficient (Wildman–Crippen LogP) is 4.47. The lowest BCUT2D eigenvalue weighted by atomic mass is 10.1. The first-order valence-corrected chi connectivity index (χ1v) is 7.57. The lowest BCUT2D eigenvalue weighted by Gasteiger charge is -2.18. The molecule has 0 amide bonds. The molecule has 0 spiro atoms. The van der Waals surface area contributed by atoms with Crippen molar-refractivity contribution in [2.24, 2.45) is 0 Å². The van der Waals surface area contributed by atoms with E-state index in [2.05, 4.69) is 29.7 Å². The molecule has 0 unspecified atom stereocenters. The lowest BCUT2D eigenvalue weighted by molar-refractivity contribution is 0.244. The summed E-state index contributed by atoms with van der Waals surface area (Å²) in [5.74, 6) is 0.820. The minimum atomic E-state index is 0.820. The third-order valence-corrected chi connectivity index (χ3v) is 3.71. The Morgan fingerprint density at radius 2 is 1.13 bits per heavy atom. The van der Waals surface area contributed by atoms with Gasteiger partial charge in [-0.25, -0.2) is 0 Å². The number of hydrogen-bond acceptors (Lipinski definition) is 3. The van der Waals surface area contributed by atoms with Crippen molar-refractivity contribution in [1.82, 2.24) is 5.43 Å². The number of nitrogens with one attached hydrogen (secondary N) is 1. The molecular formula is C20H16N2O. The van der Waals surface area contributed by atoms with Gasteiger partial charge >= 0.3 is 0 Å². The number of anilines is 1. The SMILES string of the molecule is c1ccc(C2=C(c3ccccc3)ON(c3ccccc3)N2)cc1. The Morgan fingerprint density at radius 1 is 0.609 bits per heavy atom. The molecular weight excluding hydrogens is 284 g/mol. The zero-order valence-electron chi connectivity index (χ0n) is 12.5. The van der Waals surface area contributed by atoms with Crippen LogP contribution in [0.1, 0.15) is 11.1 Å². The second kappa shape index (κ2) is 5.89. The van der Waals surface area contributed by atoms with E-state index in [0.29, 0.717) is 0 Å². The maximum atomic E-state index is 6.10. The largest absolute Gasteiger partial charge is 0.356 e. The van der Waals surface area contributed by atoms with E-state index in [1.807, 2.05) is 66.7 Å². The standard InChI is InChI=1S/C20H16N2O/c1-4-10-16(11-5-1)19-20(17-12-6-2-7-13-17)23-22(21-19)18-14-8-3-9-15-18/h1-15,21H. The van der Waals surface area contributed by atoms with E-state index in [9.17, 15) is 0 Å². The summed E-state index contributed by atoms with van der Waals surface area (Å²) in [6, 6.07) is 30.3. The van der Waals surface area contributed by atoms with Gasteiger partial charge in [0.25, 0.3) is 0 Å². The first-order chi connectivity index (χ1) is 11.4. The summed E-state index contributed by atoms with van der Waals surface area (Å²) >= 11 is 0. The highest BCUT2D eigenvalue weighted by Crippen LogP contribution is 2.33. The molecule has 3 aromatic carbocycles. The molecule has 1 heterocycles. The normalized spacial score (nSPS) is 13.7. The molecule has 0 saturated carbocycles. The predicted molar refractivity (Wildman–Crippen MR) is 92.8 cm³/mol. The molecule has 0 aliphatic carbocycles. The molecule has 0 bridgehead atoms. The Bertz CT molecular complexity index is 763. The number of nitrogens with zero attached hydrogens (tertiary/aromatic N) is 1. The Balaban J connectivity index is 1.76. The molecule has 112 valence electrons. The van der Waals surface area contributed by atoms with Crippen molar-refractivity contribution in [3.8, 4) is 0 Å². The van der Waals surface area contributed by atoms with Gasteiger partial charge in [-0.15, -0.1) is 5.17 Å². The Hall–Kier alpha value is -3.20. The Labute approximate surface area is 135 Å². The number of para-hydroxylation sites is 1. The van der Waals surface area contributed by atoms with Gasteiger partial charge in [-0.05, 0) is 12.1 Å². The minimum Gasteiger partial charge on any atom is -0.356 e. The van der Waals surface area contributed by atoms with Crippen LogP contribution in [0.25, 0.3) is 11.5 Å². The highest BCUT2D eigenvalue weighted by Gasteiger charge is 2.26. The Morgan fingerprint density at radius 3 is 1.74 bits per heavy atom. The van der Waals surface area contributed by atoms with Crippen LogP contribution in [0.5, 0.6) is 0 Å². The van der Waals surface area contributed by atoms with Crippen LogP contribution in [0, 0.1) is 0 Å². The molecule has 1 aliphatic rings. The van der Waals surface area contributed by atoms with Crippen molar-refractivity contribution in [2.45, 2.75) is 0 Å². The second-order valence-electron chi connectivity index (χ2n) is 5.27. The molecule has 0 saturated heterocycles. The van der Waals surface area contributed by atoms with Gasteiger partial charge in [-0.2, -0.15) is 0 Å². The molecule has 0 atom stereocenters. The summed E-state index contributed by atoms with van der Waals surface area (Å²) in [4.78, 5) is 6.10. The maximum Gasteiger partial charge on any atom is 0.190 e. The van der Waals surface area contributed by atoms with Crippen LogP contribution in [0.2, 0.25) is 0 Å². The van der Waals surface area contributed by atoms with Crippen LogP contribution in [-0.2, 0) is 4.84 Å². The summed E-state index contributed by atoms with van der Waals surface area (Å²) in [6.07, 6.45) is 0. The van der Waals surface area contributed by atoms with Crippen LogP contribution in [-0.4, -0.2) is 0 Å². The highest BCUT2D eigenvalue weighted by atomic mass is 16.7. The number of hydrazine groups is 1. The van der Waals surface area contributed by atoms with Gasteiger partial charge in [0.15, 0.2) is 5.76 Å². The number of benzene rings is 3. The monoisotopic (exact) mass is 300 g/mol. The van der Waals surface area contributed by atoms with Crippen LogP contribution in [0.4, 0.5) is 5.69 Å². The topological polar surface area (TPSA) is 24.5 Å². The molecule has 3 aromatic rings. The minimum absolute atomic E-state index is 0.820. The van der Waals surface area contributed by atoms with Crippen LogP contribution >= 0.6 is 0 Å². The van der Waals surface area contributed by atoms with Gasteiger partial charge in [-0.3, -0.25) is 5.43 Å². The van der Waals surface area contributed by atoms with Gasteiger partial charge < -0.3 is 4.84 Å². The molecule has 3 nitrogen and oxygen atoms in total. The molecule has 1 N–H and O–H groups in total. The number of hydrogen-bond donors (Lipinski definition) is 1. The van der Waals surface area contributed by atoms with Crippen molar-refractivity contribution < 1.29 is 4.84 Å². The lowest BCUT2D eigenvalue weighted by Crippen LogP contribution is -2.30. The van der Waals surface area contributed by atoms with Gasteiger partial charge in [0.1, 0.15) is 5.70 Å². The zero-order valence-corrected chi connectivity index (χ0v) is 12.5. The summed E-state index contributed by atoms with van der Waals surface area (Å²) in [7, 11) is 0. The van der Waals surface area contributed by atoms with Gasteiger partial charge in [0.2, 0.25) is 0 Å². The van der Waals surface area contributed by atoms with E-state index in [1.54, 1.807) is 5.17 Å². The van der Waals surface area contributed by atoms with Crippen molar-refractivity contribution in [3.05, 3.63) is 102 Å². The average Bonchev–Trinajstić information content (AvgIpc) is 3.09. The van der Waals surface area contributed by atoms with Crippen molar-refractivity contribution in [2.75, 3.05) is 5.17 Å². The van der Waals surface area contributed by atoms with Crippen LogP contribution in [0.3, 0.4) is 0 Å². The smallest absolute Gasteiger partial charge is 0.190 e. The molecule has 0 aromatic heterocycles. The third kappa shape index (κ3) is 2.64. The van der Waals surface area contributed by atoms with Crippen molar-refractivity contribution in [3.63, 3.8) is 0 Å². The second-order valence-corrected chi connectivity index (χ2v) is 5.27. The highest BCUT2D eigenvalue weighted by molar-refractivity contribution is 5.89. The van der Waals surface area contributed by atoms with E-state index in [-0.39, 0.29) is 0 Å². The van der Waals surface area contributed by atoms with Gasteiger partial charge in [0.05, 0.1) is 5.69 Å². The molecule has 0 fully saturated rings. The first kappa shape index (κ1) is 13.5. The van der Waals surface area contributed by atoms with Crippen molar-refractivity contribution in [1.29, 1.82) is 0 Å². The fraction of sp³-hybridized carbons (Fsp3) is 0. The molecule has 23 heavy (non-hydrogen) atoms. The summed E-state index contributed by atoms with van der Waals surface area (Å²) in [5.41, 5.74) is 7.40. The van der Waals surface area contributed by atoms with E-state index >= 15 is 0 Å². The van der Waals surface area contributed by atoms with Crippen molar-refractivity contribution >= 4 is 17.1 Å². The summed E-state index contributed by atoms with van der Waals surface area (Å²) in [6.45, 7) is 0. The van der Waals surface area contributed by atoms with E-state index < -0.39 is 0 Å². The Kier molecular flexibility index (Phi) is 3.45. The fourth-order valence-electron chi connectivity index (χ4n) is 2.58. The summed E-state index contributed by atoms with van der Waals surface area (Å²) < 4.78 is 0. The van der Waals surface area contributed by atoms with Crippen LogP contribution in [0.15, 0.2) is 91.0 Å². The van der Waals surface area contributed by atoms with Crippen LogP contribution < -0.4 is 10.6 Å². The summed E-state index contributed by atoms with van der Waals surface area (Å²) in [5, 5.41) is 1.70.